The molecule has 0 aliphatic heterocycles. The van der Waals surface area contributed by atoms with Crippen molar-refractivity contribution in [2.24, 2.45) is 10.5 Å². The van der Waals surface area contributed by atoms with E-state index in [0.717, 1.165) is 5.56 Å². The van der Waals surface area contributed by atoms with Crippen molar-refractivity contribution in [1.82, 2.24) is 5.43 Å². The summed E-state index contributed by atoms with van der Waals surface area (Å²) in [5, 5.41) is 13.0. The molecular formula is C18H20N2O4. The van der Waals surface area contributed by atoms with Crippen LogP contribution in [0.1, 0.15) is 31.6 Å². The lowest BCUT2D eigenvalue weighted by Crippen LogP contribution is -2.31. The van der Waals surface area contributed by atoms with Crippen molar-refractivity contribution >= 4 is 17.9 Å². The largest absolute Gasteiger partial charge is 0.508 e. The van der Waals surface area contributed by atoms with Gasteiger partial charge in [-0.05, 0) is 36.2 Å². The zero-order valence-corrected chi connectivity index (χ0v) is 13.7. The number of nitrogens with zero attached hydrogens (tertiary/aromatic N) is 1. The van der Waals surface area contributed by atoms with Crippen LogP contribution < -0.4 is 5.43 Å². The number of aromatic hydroxyl groups is 1. The second-order valence-corrected chi connectivity index (χ2v) is 6.14. The highest BCUT2D eigenvalue weighted by Crippen LogP contribution is 2.25. The molecule has 1 amide bonds. The number of amides is 1. The summed E-state index contributed by atoms with van der Waals surface area (Å²) in [4.78, 5) is 24.2. The highest BCUT2D eigenvalue weighted by molar-refractivity contribution is 6.00. The van der Waals surface area contributed by atoms with Gasteiger partial charge >= 0.3 is 0 Å². The summed E-state index contributed by atoms with van der Waals surface area (Å²) >= 11 is 0. The number of phenolic OH excluding ortho intramolecular Hbond substituents is 1. The van der Waals surface area contributed by atoms with E-state index in [1.165, 1.54) is 12.5 Å². The van der Waals surface area contributed by atoms with Crippen molar-refractivity contribution in [3.8, 4) is 5.75 Å². The second kappa shape index (κ2) is 7.59. The molecule has 2 N–H and O–H groups in total. The van der Waals surface area contributed by atoms with Crippen LogP contribution in [-0.4, -0.2) is 23.0 Å². The fourth-order valence-corrected chi connectivity index (χ4v) is 2.18. The number of nitrogens with one attached hydrogen (secondary N) is 1. The maximum atomic E-state index is 12.4. The zero-order chi connectivity index (χ0) is 17.6. The molecule has 0 atom stereocenters. The summed E-state index contributed by atoms with van der Waals surface area (Å²) in [5.41, 5.74) is 2.54. The van der Waals surface area contributed by atoms with Gasteiger partial charge in [-0.15, -0.1) is 0 Å². The minimum absolute atomic E-state index is 0.177. The normalized spacial score (nSPS) is 11.6. The van der Waals surface area contributed by atoms with Crippen LogP contribution in [0.25, 0.3) is 0 Å². The molecule has 2 rings (SSSR count). The van der Waals surface area contributed by atoms with Gasteiger partial charge in [0.05, 0.1) is 18.9 Å². The third-order valence-electron chi connectivity index (χ3n) is 3.58. The van der Waals surface area contributed by atoms with E-state index in [1.54, 1.807) is 50.2 Å². The van der Waals surface area contributed by atoms with Crippen LogP contribution in [0.3, 0.4) is 0 Å². The van der Waals surface area contributed by atoms with Gasteiger partial charge in [0, 0.05) is 5.41 Å². The Balaban J connectivity index is 1.87. The number of hydrazone groups is 1. The Hall–Kier alpha value is -2.89. The van der Waals surface area contributed by atoms with E-state index >= 15 is 0 Å². The Kier molecular flexibility index (Phi) is 5.52. The van der Waals surface area contributed by atoms with Gasteiger partial charge in [0.1, 0.15) is 17.3 Å². The molecule has 1 heterocycles. The third kappa shape index (κ3) is 5.08. The maximum Gasteiger partial charge on any atom is 0.247 e. The molecule has 0 spiro atoms. The molecule has 0 saturated carbocycles. The van der Waals surface area contributed by atoms with E-state index in [0.29, 0.717) is 12.2 Å². The number of phenols is 1. The van der Waals surface area contributed by atoms with Crippen molar-refractivity contribution in [2.75, 3.05) is 0 Å². The van der Waals surface area contributed by atoms with Crippen LogP contribution in [0.15, 0.2) is 52.2 Å². The molecule has 126 valence electrons. The lowest BCUT2D eigenvalue weighted by atomic mass is 9.80. The standard InChI is InChI=1S/C18H20N2O4/c1-18(2,11-13-5-7-14(21)8-6-13)16(22)10-17(23)20-19-12-15-4-3-9-24-15/h3-9,12,21H,10-11H2,1-2H3,(H,20,23)/b19-12+. The third-order valence-corrected chi connectivity index (χ3v) is 3.58. The van der Waals surface area contributed by atoms with Gasteiger partial charge in [-0.3, -0.25) is 9.59 Å². The molecule has 6 heteroatoms. The quantitative estimate of drug-likeness (QED) is 0.464. The summed E-state index contributed by atoms with van der Waals surface area (Å²) in [6.45, 7) is 3.59. The number of benzene rings is 1. The fraction of sp³-hybridized carbons (Fsp3) is 0.278. The number of rotatable bonds is 7. The van der Waals surface area contributed by atoms with Crippen molar-refractivity contribution in [3.05, 3.63) is 54.0 Å². The predicted octanol–water partition coefficient (Wildman–Crippen LogP) is 2.66. The van der Waals surface area contributed by atoms with E-state index in [1.807, 2.05) is 0 Å². The van der Waals surface area contributed by atoms with Gasteiger partial charge in [0.25, 0.3) is 0 Å². The van der Waals surface area contributed by atoms with Crippen molar-refractivity contribution in [3.63, 3.8) is 0 Å². The van der Waals surface area contributed by atoms with Crippen molar-refractivity contribution in [2.45, 2.75) is 26.7 Å². The van der Waals surface area contributed by atoms with Crippen LogP contribution in [0.2, 0.25) is 0 Å². The van der Waals surface area contributed by atoms with Crippen molar-refractivity contribution < 1.29 is 19.1 Å². The number of furan rings is 1. The first-order chi connectivity index (χ1) is 11.4. The number of hydrogen-bond acceptors (Lipinski definition) is 5. The fourth-order valence-electron chi connectivity index (χ4n) is 2.18. The molecule has 0 radical (unpaired) electrons. The molecule has 0 saturated heterocycles. The lowest BCUT2D eigenvalue weighted by Gasteiger charge is -2.22. The van der Waals surface area contributed by atoms with Gasteiger partial charge < -0.3 is 9.52 Å². The van der Waals surface area contributed by atoms with Gasteiger partial charge in [-0.25, -0.2) is 5.43 Å². The topological polar surface area (TPSA) is 91.9 Å². The van der Waals surface area contributed by atoms with E-state index in [9.17, 15) is 14.7 Å². The maximum absolute atomic E-state index is 12.4. The predicted molar refractivity (Wildman–Crippen MR) is 89.7 cm³/mol. The Bertz CT molecular complexity index is 716. The van der Waals surface area contributed by atoms with Gasteiger partial charge in [-0.1, -0.05) is 26.0 Å². The molecule has 0 aliphatic rings. The van der Waals surface area contributed by atoms with Crippen LogP contribution >= 0.6 is 0 Å². The van der Waals surface area contributed by atoms with Gasteiger partial charge in [0.15, 0.2) is 0 Å². The first-order valence-corrected chi connectivity index (χ1v) is 7.53. The Morgan fingerprint density at radius 2 is 1.96 bits per heavy atom. The monoisotopic (exact) mass is 328 g/mol. The minimum Gasteiger partial charge on any atom is -0.508 e. The van der Waals surface area contributed by atoms with E-state index < -0.39 is 11.3 Å². The summed E-state index contributed by atoms with van der Waals surface area (Å²) in [7, 11) is 0. The van der Waals surface area contributed by atoms with Crippen LogP contribution in [0, 0.1) is 5.41 Å². The lowest BCUT2D eigenvalue weighted by molar-refractivity contribution is -0.133. The highest BCUT2D eigenvalue weighted by Gasteiger charge is 2.29. The molecule has 2 aromatic rings. The first-order valence-electron chi connectivity index (χ1n) is 7.53. The van der Waals surface area contributed by atoms with Gasteiger partial charge in [-0.2, -0.15) is 5.10 Å². The second-order valence-electron chi connectivity index (χ2n) is 6.14. The minimum atomic E-state index is -0.695. The molecule has 0 aliphatic carbocycles. The average Bonchev–Trinajstić information content (AvgIpc) is 3.02. The summed E-state index contributed by atoms with van der Waals surface area (Å²) in [6, 6.07) is 10.1. The first kappa shape index (κ1) is 17.5. The van der Waals surface area contributed by atoms with E-state index in [4.69, 9.17) is 4.42 Å². The number of Topliss-reactive ketones (excluding diaryl/α,β-unsaturated/α-hetero) is 1. The number of carbonyl (C=O) groups excluding carboxylic acids is 2. The Morgan fingerprint density at radius 1 is 1.25 bits per heavy atom. The number of carbonyl (C=O) groups is 2. The van der Waals surface area contributed by atoms with E-state index in [2.05, 4.69) is 10.5 Å². The SMILES string of the molecule is CC(C)(Cc1ccc(O)cc1)C(=O)CC(=O)N/N=C/c1ccco1. The average molecular weight is 328 g/mol. The zero-order valence-electron chi connectivity index (χ0n) is 13.7. The van der Waals surface area contributed by atoms with E-state index in [-0.39, 0.29) is 18.0 Å². The molecule has 24 heavy (non-hydrogen) atoms. The Labute approximate surface area is 140 Å². The molecule has 6 nitrogen and oxygen atoms in total. The molecule has 0 unspecified atom stereocenters. The molecule has 0 bridgehead atoms. The van der Waals surface area contributed by atoms with Gasteiger partial charge in [0.2, 0.25) is 5.91 Å². The smallest absolute Gasteiger partial charge is 0.247 e. The highest BCUT2D eigenvalue weighted by atomic mass is 16.3. The summed E-state index contributed by atoms with van der Waals surface area (Å²) in [5.74, 6) is 0.0360. The van der Waals surface area contributed by atoms with Crippen LogP contribution in [-0.2, 0) is 16.0 Å². The molecule has 0 fully saturated rings. The summed E-state index contributed by atoms with van der Waals surface area (Å²) in [6.07, 6.45) is 3.10. The molecule has 1 aromatic carbocycles. The summed E-state index contributed by atoms with van der Waals surface area (Å²) < 4.78 is 5.04. The molecule has 1 aromatic heterocycles. The van der Waals surface area contributed by atoms with Crippen molar-refractivity contribution in [1.29, 1.82) is 0 Å². The Morgan fingerprint density at radius 3 is 2.58 bits per heavy atom. The molecular weight excluding hydrogens is 308 g/mol. The van der Waals surface area contributed by atoms with Crippen LogP contribution in [0.4, 0.5) is 0 Å². The van der Waals surface area contributed by atoms with Crippen LogP contribution in [0.5, 0.6) is 5.75 Å². The number of ketones is 1. The number of hydrogen-bond donors (Lipinski definition) is 2.